The van der Waals surface area contributed by atoms with E-state index >= 15 is 0 Å². The molecule has 3 unspecified atom stereocenters. The molecule has 0 aliphatic heterocycles. The zero-order valence-electron chi connectivity index (χ0n) is 11.0. The van der Waals surface area contributed by atoms with Gasteiger partial charge in [0.2, 0.25) is 0 Å². The average molecular weight is 327 g/mol. The molecule has 104 valence electrons. The number of carbonyl (C=O) groups is 1. The summed E-state index contributed by atoms with van der Waals surface area (Å²) >= 11 is 3.61. The molecule has 0 spiro atoms. The fourth-order valence-corrected chi connectivity index (χ4v) is 3.17. The summed E-state index contributed by atoms with van der Waals surface area (Å²) in [5, 5.41) is 0. The van der Waals surface area contributed by atoms with E-state index in [1.165, 1.54) is 0 Å². The van der Waals surface area contributed by atoms with E-state index in [0.29, 0.717) is 13.2 Å². The van der Waals surface area contributed by atoms with Gasteiger partial charge in [0.05, 0.1) is 25.2 Å². The summed E-state index contributed by atoms with van der Waals surface area (Å²) in [6.45, 7) is 2.86. The number of alkyl halides is 1. The molecule has 0 saturated heterocycles. The van der Waals surface area contributed by atoms with Gasteiger partial charge in [0.15, 0.2) is 0 Å². The third-order valence-corrected chi connectivity index (χ3v) is 4.32. The highest BCUT2D eigenvalue weighted by atomic mass is 79.9. The number of carbonyl (C=O) groups excluding carboxylic acids is 1. The minimum atomic E-state index is -0.0993. The molecule has 2 rings (SSSR count). The SMILES string of the molecule is CCOC(=O)C1CC(Br)C(OCc2ccccc2)C1. The zero-order chi connectivity index (χ0) is 13.7. The lowest BCUT2D eigenvalue weighted by atomic mass is 10.1. The Hall–Kier alpha value is -0.870. The largest absolute Gasteiger partial charge is 0.466 e. The predicted molar refractivity (Wildman–Crippen MR) is 77.1 cm³/mol. The molecule has 4 heteroatoms. The maximum Gasteiger partial charge on any atom is 0.309 e. The molecule has 0 heterocycles. The highest BCUT2D eigenvalue weighted by Crippen LogP contribution is 2.34. The van der Waals surface area contributed by atoms with Gasteiger partial charge in [-0.25, -0.2) is 0 Å². The van der Waals surface area contributed by atoms with Gasteiger partial charge in [-0.15, -0.1) is 0 Å². The summed E-state index contributed by atoms with van der Waals surface area (Å²) in [5.74, 6) is -0.136. The van der Waals surface area contributed by atoms with Crippen molar-refractivity contribution in [1.29, 1.82) is 0 Å². The molecule has 3 nitrogen and oxygen atoms in total. The van der Waals surface area contributed by atoms with Crippen molar-refractivity contribution in [2.75, 3.05) is 6.61 Å². The predicted octanol–water partition coefficient (Wildman–Crippen LogP) is 3.31. The summed E-state index contributed by atoms with van der Waals surface area (Å²) in [6.07, 6.45) is 1.61. The first-order valence-corrected chi connectivity index (χ1v) is 7.58. The van der Waals surface area contributed by atoms with Gasteiger partial charge in [-0.05, 0) is 25.3 Å². The Morgan fingerprint density at radius 3 is 2.74 bits per heavy atom. The van der Waals surface area contributed by atoms with Gasteiger partial charge in [0.1, 0.15) is 0 Å². The van der Waals surface area contributed by atoms with Crippen molar-refractivity contribution in [3.63, 3.8) is 0 Å². The second-order valence-corrected chi connectivity index (χ2v) is 5.95. The standard InChI is InChI=1S/C15H19BrO3/c1-2-18-15(17)12-8-13(16)14(9-12)19-10-11-6-4-3-5-7-11/h3-7,12-14H,2,8-10H2,1H3. The Bertz CT molecular complexity index is 407. The number of esters is 1. The lowest BCUT2D eigenvalue weighted by Gasteiger charge is -2.15. The molecule has 0 amide bonds. The van der Waals surface area contributed by atoms with E-state index in [9.17, 15) is 4.79 Å². The first-order chi connectivity index (χ1) is 9.20. The van der Waals surface area contributed by atoms with Crippen LogP contribution >= 0.6 is 15.9 Å². The third kappa shape index (κ3) is 4.05. The second-order valence-electron chi connectivity index (χ2n) is 4.77. The molecule has 0 aromatic heterocycles. The topological polar surface area (TPSA) is 35.5 Å². The van der Waals surface area contributed by atoms with Crippen LogP contribution in [0.25, 0.3) is 0 Å². The first kappa shape index (κ1) is 14.5. The smallest absolute Gasteiger partial charge is 0.309 e. The van der Waals surface area contributed by atoms with Gasteiger partial charge in [0, 0.05) is 4.83 Å². The van der Waals surface area contributed by atoms with Gasteiger partial charge in [-0.3, -0.25) is 4.79 Å². The van der Waals surface area contributed by atoms with Gasteiger partial charge in [0.25, 0.3) is 0 Å². The monoisotopic (exact) mass is 326 g/mol. The Morgan fingerprint density at radius 1 is 1.32 bits per heavy atom. The number of ether oxygens (including phenoxy) is 2. The van der Waals surface area contributed by atoms with Crippen molar-refractivity contribution in [1.82, 2.24) is 0 Å². The van der Waals surface area contributed by atoms with E-state index in [2.05, 4.69) is 15.9 Å². The van der Waals surface area contributed by atoms with Crippen LogP contribution in [0.4, 0.5) is 0 Å². The quantitative estimate of drug-likeness (QED) is 0.615. The number of benzene rings is 1. The van der Waals surface area contributed by atoms with Crippen LogP contribution in [0.1, 0.15) is 25.3 Å². The third-order valence-electron chi connectivity index (χ3n) is 3.36. The fraction of sp³-hybridized carbons (Fsp3) is 0.533. The summed E-state index contributed by atoms with van der Waals surface area (Å²) in [4.78, 5) is 11.9. The van der Waals surface area contributed by atoms with Crippen LogP contribution in [-0.2, 0) is 20.9 Å². The molecule has 19 heavy (non-hydrogen) atoms. The summed E-state index contributed by atoms with van der Waals surface area (Å²) in [6, 6.07) is 10.1. The molecule has 1 aromatic carbocycles. The molecular weight excluding hydrogens is 308 g/mol. The van der Waals surface area contributed by atoms with Gasteiger partial charge in [-0.2, -0.15) is 0 Å². The number of hydrogen-bond acceptors (Lipinski definition) is 3. The molecule has 1 fully saturated rings. The summed E-state index contributed by atoms with van der Waals surface area (Å²) < 4.78 is 11.0. The second kappa shape index (κ2) is 7.06. The summed E-state index contributed by atoms with van der Waals surface area (Å²) in [7, 11) is 0. The first-order valence-electron chi connectivity index (χ1n) is 6.67. The number of hydrogen-bond donors (Lipinski definition) is 0. The van der Waals surface area contributed by atoms with Crippen LogP contribution in [0, 0.1) is 5.92 Å². The van der Waals surface area contributed by atoms with Crippen LogP contribution < -0.4 is 0 Å². The van der Waals surface area contributed by atoms with Gasteiger partial charge < -0.3 is 9.47 Å². The van der Waals surface area contributed by atoms with Crippen LogP contribution in [0.3, 0.4) is 0 Å². The molecule has 3 atom stereocenters. The molecule has 1 aliphatic rings. The molecule has 1 aromatic rings. The van der Waals surface area contributed by atoms with Crippen molar-refractivity contribution in [2.24, 2.45) is 5.92 Å². The zero-order valence-corrected chi connectivity index (χ0v) is 12.6. The lowest BCUT2D eigenvalue weighted by molar-refractivity contribution is -0.148. The maximum atomic E-state index is 11.7. The molecule has 0 N–H and O–H groups in total. The van der Waals surface area contributed by atoms with Crippen LogP contribution in [0.15, 0.2) is 30.3 Å². The minimum absolute atomic E-state index is 0.0369. The average Bonchev–Trinajstić information content (AvgIpc) is 2.79. The number of halogens is 1. The van der Waals surface area contributed by atoms with E-state index in [1.807, 2.05) is 37.3 Å². The Labute approximate surface area is 122 Å². The van der Waals surface area contributed by atoms with Crippen molar-refractivity contribution < 1.29 is 14.3 Å². The molecule has 1 saturated carbocycles. The molecular formula is C15H19BrO3. The fourth-order valence-electron chi connectivity index (χ4n) is 2.35. The highest BCUT2D eigenvalue weighted by Gasteiger charge is 2.37. The molecule has 1 aliphatic carbocycles. The van der Waals surface area contributed by atoms with E-state index in [0.717, 1.165) is 18.4 Å². The van der Waals surface area contributed by atoms with E-state index in [1.54, 1.807) is 0 Å². The number of rotatable bonds is 5. The van der Waals surface area contributed by atoms with E-state index in [4.69, 9.17) is 9.47 Å². The lowest BCUT2D eigenvalue weighted by Crippen LogP contribution is -2.18. The van der Waals surface area contributed by atoms with Crippen LogP contribution in [0.5, 0.6) is 0 Å². The molecule has 0 radical (unpaired) electrons. The van der Waals surface area contributed by atoms with E-state index < -0.39 is 0 Å². The Balaban J connectivity index is 1.83. The van der Waals surface area contributed by atoms with E-state index in [-0.39, 0.29) is 22.8 Å². The highest BCUT2D eigenvalue weighted by molar-refractivity contribution is 9.09. The summed E-state index contributed by atoms with van der Waals surface area (Å²) in [5.41, 5.74) is 1.15. The van der Waals surface area contributed by atoms with Crippen molar-refractivity contribution in [3.8, 4) is 0 Å². The molecule has 0 bridgehead atoms. The van der Waals surface area contributed by atoms with Crippen molar-refractivity contribution in [2.45, 2.75) is 37.3 Å². The van der Waals surface area contributed by atoms with Crippen LogP contribution in [-0.4, -0.2) is 23.5 Å². The van der Waals surface area contributed by atoms with Gasteiger partial charge in [-0.1, -0.05) is 46.3 Å². The Kier molecular flexibility index (Phi) is 5.40. The maximum absolute atomic E-state index is 11.7. The van der Waals surface area contributed by atoms with Crippen molar-refractivity contribution in [3.05, 3.63) is 35.9 Å². The Morgan fingerprint density at radius 2 is 2.05 bits per heavy atom. The van der Waals surface area contributed by atoms with Crippen molar-refractivity contribution >= 4 is 21.9 Å². The van der Waals surface area contributed by atoms with Gasteiger partial charge >= 0.3 is 5.97 Å². The normalized spacial score (nSPS) is 26.3. The minimum Gasteiger partial charge on any atom is -0.466 e. The van der Waals surface area contributed by atoms with Crippen LogP contribution in [0.2, 0.25) is 0 Å².